The molecule has 0 saturated carbocycles. The lowest BCUT2D eigenvalue weighted by Crippen LogP contribution is -2.02. The molecule has 0 aliphatic rings. The summed E-state index contributed by atoms with van der Waals surface area (Å²) in [6.45, 7) is -0.282. The van der Waals surface area contributed by atoms with Crippen LogP contribution in [0.25, 0.3) is 0 Å². The Hall–Kier alpha value is -0.500. The van der Waals surface area contributed by atoms with E-state index in [1.165, 1.54) is 13.2 Å². The lowest BCUT2D eigenvalue weighted by atomic mass is 10.2. The van der Waals surface area contributed by atoms with E-state index in [4.69, 9.17) is 9.84 Å². The summed E-state index contributed by atoms with van der Waals surface area (Å²) in [5, 5.41) is 8.89. The first-order valence-electron chi connectivity index (χ1n) is 3.72. The fourth-order valence-electron chi connectivity index (χ4n) is 0.966. The molecule has 0 bridgehead atoms. The van der Waals surface area contributed by atoms with E-state index in [2.05, 4.69) is 4.98 Å². The summed E-state index contributed by atoms with van der Waals surface area (Å²) >= 11 is 1.75. The summed E-state index contributed by atoms with van der Waals surface area (Å²) < 4.78 is 29.9. The van der Waals surface area contributed by atoms with Gasteiger partial charge in [-0.2, -0.15) is 0 Å². The van der Waals surface area contributed by atoms with Crippen LogP contribution in [0.2, 0.25) is 0 Å². The minimum Gasteiger partial charge on any atom is -0.481 e. The molecule has 14 heavy (non-hydrogen) atoms. The van der Waals surface area contributed by atoms with Crippen LogP contribution in [-0.4, -0.2) is 17.2 Å². The summed E-state index contributed by atoms with van der Waals surface area (Å²) in [7, 11) is 1.32. The van der Waals surface area contributed by atoms with E-state index in [1.54, 1.807) is 22.6 Å². The summed E-state index contributed by atoms with van der Waals surface area (Å²) in [4.78, 5) is 3.62. The predicted octanol–water partition coefficient (Wildman–Crippen LogP) is 2.12. The Morgan fingerprint density at radius 3 is 2.71 bits per heavy atom. The molecule has 1 rings (SSSR count). The Kier molecular flexibility index (Phi) is 3.99. The number of rotatable bonds is 3. The van der Waals surface area contributed by atoms with Crippen molar-refractivity contribution in [3.8, 4) is 5.88 Å². The average Bonchev–Trinajstić information content (AvgIpc) is 2.16. The van der Waals surface area contributed by atoms with Crippen LogP contribution in [0.1, 0.15) is 17.7 Å². The number of halogens is 3. The number of ether oxygens (including phenoxy) is 1. The molecule has 3 nitrogen and oxygen atoms in total. The molecule has 0 amide bonds. The van der Waals surface area contributed by atoms with E-state index in [1.807, 2.05) is 0 Å². The first-order chi connectivity index (χ1) is 6.60. The van der Waals surface area contributed by atoms with Crippen LogP contribution in [0.4, 0.5) is 8.78 Å². The SMILES string of the molecule is COc1nc(C(F)F)c(I)cc1CO. The smallest absolute Gasteiger partial charge is 0.281 e. The van der Waals surface area contributed by atoms with Crippen molar-refractivity contribution < 1.29 is 18.6 Å². The highest BCUT2D eigenvalue weighted by molar-refractivity contribution is 14.1. The molecular formula is C8H8F2INO2. The second-order valence-electron chi connectivity index (χ2n) is 2.48. The Bertz CT molecular complexity index is 333. The Labute approximate surface area is 93.2 Å². The molecule has 1 heterocycles. The number of alkyl halides is 2. The molecule has 0 aliphatic carbocycles. The fourth-order valence-corrected chi connectivity index (χ4v) is 1.70. The van der Waals surface area contributed by atoms with Crippen LogP contribution in [0.3, 0.4) is 0 Å². The van der Waals surface area contributed by atoms with E-state index in [-0.39, 0.29) is 18.2 Å². The fraction of sp³-hybridized carbons (Fsp3) is 0.375. The van der Waals surface area contributed by atoms with E-state index in [0.29, 0.717) is 9.13 Å². The molecule has 0 saturated heterocycles. The van der Waals surface area contributed by atoms with E-state index < -0.39 is 6.43 Å². The van der Waals surface area contributed by atoms with E-state index >= 15 is 0 Å². The van der Waals surface area contributed by atoms with Crippen molar-refractivity contribution in [1.29, 1.82) is 0 Å². The van der Waals surface area contributed by atoms with Crippen LogP contribution < -0.4 is 4.74 Å². The molecule has 6 heteroatoms. The van der Waals surface area contributed by atoms with Gasteiger partial charge in [-0.05, 0) is 28.7 Å². The summed E-state index contributed by atoms with van der Waals surface area (Å²) in [6.07, 6.45) is -2.64. The Morgan fingerprint density at radius 2 is 2.29 bits per heavy atom. The van der Waals surface area contributed by atoms with Gasteiger partial charge in [0.15, 0.2) is 0 Å². The minimum atomic E-state index is -2.64. The number of aliphatic hydroxyl groups is 1. The third-order valence-electron chi connectivity index (χ3n) is 1.61. The van der Waals surface area contributed by atoms with Gasteiger partial charge in [-0.15, -0.1) is 0 Å². The number of pyridine rings is 1. The third-order valence-corrected chi connectivity index (χ3v) is 2.48. The van der Waals surface area contributed by atoms with Gasteiger partial charge in [0.1, 0.15) is 5.69 Å². The zero-order valence-corrected chi connectivity index (χ0v) is 9.46. The number of nitrogens with zero attached hydrogens (tertiary/aromatic N) is 1. The maximum absolute atomic E-state index is 12.4. The van der Waals surface area contributed by atoms with Gasteiger partial charge >= 0.3 is 0 Å². The predicted molar refractivity (Wildman–Crippen MR) is 54.4 cm³/mol. The van der Waals surface area contributed by atoms with E-state index in [0.717, 1.165) is 0 Å². The number of aliphatic hydroxyl groups excluding tert-OH is 1. The highest BCUT2D eigenvalue weighted by atomic mass is 127. The van der Waals surface area contributed by atoms with Crippen molar-refractivity contribution in [2.45, 2.75) is 13.0 Å². The van der Waals surface area contributed by atoms with Crippen molar-refractivity contribution in [2.75, 3.05) is 7.11 Å². The van der Waals surface area contributed by atoms with Gasteiger partial charge in [0.05, 0.1) is 13.7 Å². The Balaban J connectivity index is 3.23. The molecule has 0 atom stereocenters. The van der Waals surface area contributed by atoms with Crippen LogP contribution in [-0.2, 0) is 6.61 Å². The second-order valence-corrected chi connectivity index (χ2v) is 3.64. The topological polar surface area (TPSA) is 42.4 Å². The van der Waals surface area contributed by atoms with Crippen LogP contribution in [0, 0.1) is 3.57 Å². The molecule has 1 N–H and O–H groups in total. The third kappa shape index (κ3) is 2.30. The lowest BCUT2D eigenvalue weighted by molar-refractivity contribution is 0.143. The number of hydrogen-bond acceptors (Lipinski definition) is 3. The van der Waals surface area contributed by atoms with Gasteiger partial charge < -0.3 is 9.84 Å². The zero-order chi connectivity index (χ0) is 10.7. The largest absolute Gasteiger partial charge is 0.481 e. The molecular weight excluding hydrogens is 307 g/mol. The van der Waals surface area contributed by atoms with Crippen molar-refractivity contribution in [3.63, 3.8) is 0 Å². The summed E-state index contributed by atoms with van der Waals surface area (Å²) in [5.41, 5.74) is 0.0842. The normalized spacial score (nSPS) is 10.7. The quantitative estimate of drug-likeness (QED) is 0.869. The first kappa shape index (κ1) is 11.6. The molecule has 0 fully saturated rings. The van der Waals surface area contributed by atoms with Gasteiger partial charge in [0.25, 0.3) is 6.43 Å². The maximum atomic E-state index is 12.4. The van der Waals surface area contributed by atoms with Crippen molar-refractivity contribution >= 4 is 22.6 Å². The highest BCUT2D eigenvalue weighted by Gasteiger charge is 2.17. The first-order valence-corrected chi connectivity index (χ1v) is 4.80. The molecule has 78 valence electrons. The Morgan fingerprint density at radius 1 is 1.64 bits per heavy atom. The lowest BCUT2D eigenvalue weighted by Gasteiger charge is -2.09. The number of hydrogen-bond donors (Lipinski definition) is 1. The minimum absolute atomic E-state index is 0.0446. The van der Waals surface area contributed by atoms with Crippen LogP contribution >= 0.6 is 22.6 Å². The monoisotopic (exact) mass is 315 g/mol. The van der Waals surface area contributed by atoms with Crippen molar-refractivity contribution in [1.82, 2.24) is 4.98 Å². The summed E-state index contributed by atoms with van der Waals surface area (Å²) in [6, 6.07) is 1.44. The standard InChI is InChI=1S/C8H8F2INO2/c1-14-8-4(3-13)2-5(11)6(12-8)7(9)10/h2,7,13H,3H2,1H3. The molecule has 0 spiro atoms. The van der Waals surface area contributed by atoms with Gasteiger partial charge in [0, 0.05) is 9.13 Å². The average molecular weight is 315 g/mol. The van der Waals surface area contributed by atoms with E-state index in [9.17, 15) is 8.78 Å². The van der Waals surface area contributed by atoms with Crippen LogP contribution in [0.5, 0.6) is 5.88 Å². The number of methoxy groups -OCH3 is 1. The van der Waals surface area contributed by atoms with Crippen molar-refractivity contribution in [2.24, 2.45) is 0 Å². The highest BCUT2D eigenvalue weighted by Crippen LogP contribution is 2.27. The number of aromatic nitrogens is 1. The molecule has 1 aromatic heterocycles. The van der Waals surface area contributed by atoms with Gasteiger partial charge in [0.2, 0.25) is 5.88 Å². The molecule has 1 aromatic rings. The zero-order valence-electron chi connectivity index (χ0n) is 7.30. The van der Waals surface area contributed by atoms with Gasteiger partial charge in [-0.1, -0.05) is 0 Å². The van der Waals surface area contributed by atoms with Crippen molar-refractivity contribution in [3.05, 3.63) is 20.9 Å². The molecule has 0 unspecified atom stereocenters. The van der Waals surface area contributed by atoms with Crippen LogP contribution in [0.15, 0.2) is 6.07 Å². The second kappa shape index (κ2) is 4.83. The van der Waals surface area contributed by atoms with Gasteiger partial charge in [-0.25, -0.2) is 13.8 Å². The molecule has 0 aliphatic heterocycles. The summed E-state index contributed by atoms with van der Waals surface area (Å²) in [5.74, 6) is 0.0446. The molecule has 0 aromatic carbocycles. The van der Waals surface area contributed by atoms with Gasteiger partial charge in [-0.3, -0.25) is 0 Å². The molecule has 0 radical (unpaired) electrons. The maximum Gasteiger partial charge on any atom is 0.281 e.